The van der Waals surface area contributed by atoms with Crippen LogP contribution in [0, 0.1) is 18.7 Å². The predicted molar refractivity (Wildman–Crippen MR) is 75.4 cm³/mol. The molecule has 6 heteroatoms. The molecule has 0 saturated carbocycles. The summed E-state index contributed by atoms with van der Waals surface area (Å²) in [4.78, 5) is -0.0206. The Labute approximate surface area is 119 Å². The van der Waals surface area contributed by atoms with Gasteiger partial charge in [0.2, 0.25) is 10.0 Å². The first kappa shape index (κ1) is 16.4. The summed E-state index contributed by atoms with van der Waals surface area (Å²) >= 11 is 5.68. The molecule has 3 nitrogen and oxygen atoms in total. The van der Waals surface area contributed by atoms with Crippen molar-refractivity contribution in [2.75, 3.05) is 5.88 Å². The van der Waals surface area contributed by atoms with Crippen LogP contribution >= 0.6 is 11.6 Å². The number of sulfonamides is 1. The molecule has 0 radical (unpaired) electrons. The molecule has 0 heterocycles. The van der Waals surface area contributed by atoms with E-state index in [0.29, 0.717) is 17.9 Å². The molecule has 1 aromatic carbocycles. The van der Waals surface area contributed by atoms with Crippen LogP contribution < -0.4 is 4.72 Å². The van der Waals surface area contributed by atoms with E-state index in [1.807, 2.05) is 13.8 Å². The number of alkyl halides is 1. The van der Waals surface area contributed by atoms with Crippen LogP contribution in [0.2, 0.25) is 0 Å². The molecule has 108 valence electrons. The van der Waals surface area contributed by atoms with E-state index in [1.54, 1.807) is 6.92 Å². The summed E-state index contributed by atoms with van der Waals surface area (Å²) in [7, 11) is -3.73. The molecule has 0 aliphatic rings. The van der Waals surface area contributed by atoms with Gasteiger partial charge in [0.05, 0.1) is 4.90 Å². The largest absolute Gasteiger partial charge is 0.241 e. The van der Waals surface area contributed by atoms with Crippen molar-refractivity contribution in [3.8, 4) is 0 Å². The maximum absolute atomic E-state index is 13.2. The number of rotatable bonds is 6. The van der Waals surface area contributed by atoms with Crippen molar-refractivity contribution in [3.63, 3.8) is 0 Å². The molecule has 1 N–H and O–H groups in total. The average molecular weight is 308 g/mol. The van der Waals surface area contributed by atoms with Gasteiger partial charge in [0.25, 0.3) is 0 Å². The molecule has 0 spiro atoms. The topological polar surface area (TPSA) is 46.2 Å². The van der Waals surface area contributed by atoms with Gasteiger partial charge in [-0.15, -0.1) is 11.6 Å². The standard InChI is InChI=1S/C13H19ClFNO2S/c1-9(2)12(6-7-14)16-19(17,18)13-8-11(15)5-4-10(13)3/h4-5,8-9,12,16H,6-7H2,1-3H3. The highest BCUT2D eigenvalue weighted by Gasteiger charge is 2.23. The summed E-state index contributed by atoms with van der Waals surface area (Å²) in [5.74, 6) is -0.0835. The van der Waals surface area contributed by atoms with E-state index in [-0.39, 0.29) is 16.9 Å². The molecular weight excluding hydrogens is 289 g/mol. The van der Waals surface area contributed by atoms with Gasteiger partial charge in [-0.3, -0.25) is 0 Å². The molecule has 1 atom stereocenters. The summed E-state index contributed by atoms with van der Waals surface area (Å²) < 4.78 is 40.4. The van der Waals surface area contributed by atoms with Gasteiger partial charge in [0.15, 0.2) is 0 Å². The second-order valence-electron chi connectivity index (χ2n) is 4.86. The number of nitrogens with one attached hydrogen (secondary N) is 1. The zero-order valence-corrected chi connectivity index (χ0v) is 12.9. The average Bonchev–Trinajstić information content (AvgIpc) is 2.31. The molecule has 1 rings (SSSR count). The molecule has 19 heavy (non-hydrogen) atoms. The third kappa shape index (κ3) is 4.44. The van der Waals surface area contributed by atoms with Gasteiger partial charge < -0.3 is 0 Å². The normalized spacial score (nSPS) is 13.8. The molecule has 0 bridgehead atoms. The van der Waals surface area contributed by atoms with Gasteiger partial charge in [-0.2, -0.15) is 0 Å². The van der Waals surface area contributed by atoms with Crippen molar-refractivity contribution in [2.24, 2.45) is 5.92 Å². The zero-order valence-electron chi connectivity index (χ0n) is 11.3. The van der Waals surface area contributed by atoms with Crippen LogP contribution in [0.15, 0.2) is 23.1 Å². The van der Waals surface area contributed by atoms with Crippen molar-refractivity contribution in [3.05, 3.63) is 29.6 Å². The molecule has 0 saturated heterocycles. The van der Waals surface area contributed by atoms with Gasteiger partial charge in [-0.05, 0) is 37.0 Å². The SMILES string of the molecule is Cc1ccc(F)cc1S(=O)(=O)NC(CCCl)C(C)C. The van der Waals surface area contributed by atoms with Crippen LogP contribution in [0.3, 0.4) is 0 Å². The monoisotopic (exact) mass is 307 g/mol. The fourth-order valence-electron chi connectivity index (χ4n) is 1.77. The van der Waals surface area contributed by atoms with E-state index in [2.05, 4.69) is 4.72 Å². The minimum atomic E-state index is -3.73. The number of halogens is 2. The molecule has 0 amide bonds. The van der Waals surface area contributed by atoms with Crippen molar-refractivity contribution in [1.82, 2.24) is 4.72 Å². The summed E-state index contributed by atoms with van der Waals surface area (Å²) in [5, 5.41) is 0. The number of aryl methyl sites for hydroxylation is 1. The Hall–Kier alpha value is -0.650. The summed E-state index contributed by atoms with van der Waals surface area (Å²) in [6.45, 7) is 5.47. The lowest BCUT2D eigenvalue weighted by atomic mass is 10.0. The van der Waals surface area contributed by atoms with E-state index in [9.17, 15) is 12.8 Å². The van der Waals surface area contributed by atoms with Gasteiger partial charge >= 0.3 is 0 Å². The molecule has 0 aliphatic heterocycles. The van der Waals surface area contributed by atoms with Crippen LogP contribution in [0.25, 0.3) is 0 Å². The molecule has 1 aromatic rings. The first-order valence-electron chi connectivity index (χ1n) is 6.12. The van der Waals surface area contributed by atoms with Crippen LogP contribution in [-0.4, -0.2) is 20.3 Å². The van der Waals surface area contributed by atoms with Crippen LogP contribution in [0.4, 0.5) is 4.39 Å². The minimum Gasteiger partial charge on any atom is -0.208 e. The fourth-order valence-corrected chi connectivity index (χ4v) is 3.68. The number of hydrogen-bond acceptors (Lipinski definition) is 2. The zero-order chi connectivity index (χ0) is 14.6. The van der Waals surface area contributed by atoms with Gasteiger partial charge in [0.1, 0.15) is 5.82 Å². The second kappa shape index (κ2) is 6.68. The Morgan fingerprint density at radius 2 is 2.00 bits per heavy atom. The lowest BCUT2D eigenvalue weighted by molar-refractivity contribution is 0.438. The molecule has 0 fully saturated rings. The first-order chi connectivity index (χ1) is 8.77. The fraction of sp³-hybridized carbons (Fsp3) is 0.538. The first-order valence-corrected chi connectivity index (χ1v) is 8.14. The maximum Gasteiger partial charge on any atom is 0.241 e. The molecular formula is C13H19ClFNO2S. The highest BCUT2D eigenvalue weighted by Crippen LogP contribution is 2.18. The summed E-state index contributed by atoms with van der Waals surface area (Å²) in [5.41, 5.74) is 0.516. The van der Waals surface area contributed by atoms with E-state index < -0.39 is 15.8 Å². The number of hydrogen-bond donors (Lipinski definition) is 1. The van der Waals surface area contributed by atoms with Crippen LogP contribution in [0.5, 0.6) is 0 Å². The third-order valence-electron chi connectivity index (χ3n) is 2.97. The van der Waals surface area contributed by atoms with Gasteiger partial charge in [-0.25, -0.2) is 17.5 Å². The van der Waals surface area contributed by atoms with Gasteiger partial charge in [-0.1, -0.05) is 19.9 Å². The highest BCUT2D eigenvalue weighted by molar-refractivity contribution is 7.89. The lowest BCUT2D eigenvalue weighted by Gasteiger charge is -2.22. The Bertz CT molecular complexity index is 531. The Kier molecular flexibility index (Phi) is 5.77. The van der Waals surface area contributed by atoms with Crippen molar-refractivity contribution >= 4 is 21.6 Å². The van der Waals surface area contributed by atoms with Crippen molar-refractivity contribution in [1.29, 1.82) is 0 Å². The number of benzene rings is 1. The van der Waals surface area contributed by atoms with E-state index in [0.717, 1.165) is 6.07 Å². The Morgan fingerprint density at radius 3 is 2.53 bits per heavy atom. The van der Waals surface area contributed by atoms with Crippen LogP contribution in [-0.2, 0) is 10.0 Å². The molecule has 0 aliphatic carbocycles. The summed E-state index contributed by atoms with van der Waals surface area (Å²) in [6.07, 6.45) is 0.535. The smallest absolute Gasteiger partial charge is 0.208 e. The highest BCUT2D eigenvalue weighted by atomic mass is 35.5. The van der Waals surface area contributed by atoms with Crippen molar-refractivity contribution < 1.29 is 12.8 Å². The summed E-state index contributed by atoms with van der Waals surface area (Å²) in [6, 6.07) is 3.48. The third-order valence-corrected chi connectivity index (χ3v) is 4.82. The Morgan fingerprint density at radius 1 is 1.37 bits per heavy atom. The van der Waals surface area contributed by atoms with Gasteiger partial charge in [0, 0.05) is 11.9 Å². The minimum absolute atomic E-state index is 0.0206. The van der Waals surface area contributed by atoms with E-state index in [1.165, 1.54) is 12.1 Å². The Balaban J connectivity index is 3.06. The van der Waals surface area contributed by atoms with E-state index >= 15 is 0 Å². The quantitative estimate of drug-likeness (QED) is 0.821. The van der Waals surface area contributed by atoms with E-state index in [4.69, 9.17) is 11.6 Å². The lowest BCUT2D eigenvalue weighted by Crippen LogP contribution is -2.39. The maximum atomic E-state index is 13.2. The van der Waals surface area contributed by atoms with Crippen molar-refractivity contribution in [2.45, 2.75) is 38.1 Å². The second-order valence-corrected chi connectivity index (χ2v) is 6.92. The van der Waals surface area contributed by atoms with Crippen LogP contribution in [0.1, 0.15) is 25.8 Å². The molecule has 0 aromatic heterocycles. The molecule has 1 unspecified atom stereocenters. The predicted octanol–water partition coefficient (Wildman–Crippen LogP) is 3.07.